The molecule has 0 radical (unpaired) electrons. The molecule has 0 saturated carbocycles. The highest BCUT2D eigenvalue weighted by Crippen LogP contribution is 2.21. The van der Waals surface area contributed by atoms with Gasteiger partial charge in [0.25, 0.3) is 0 Å². The molecule has 0 unspecified atom stereocenters. The first kappa shape index (κ1) is 15.3. The summed E-state index contributed by atoms with van der Waals surface area (Å²) < 4.78 is 9.93. The van der Waals surface area contributed by atoms with Crippen LogP contribution in [-0.4, -0.2) is 42.7 Å². The molecule has 0 bridgehead atoms. The molecule has 1 aromatic carbocycles. The summed E-state index contributed by atoms with van der Waals surface area (Å²) >= 11 is 0. The van der Waals surface area contributed by atoms with Gasteiger partial charge < -0.3 is 20.1 Å². The van der Waals surface area contributed by atoms with Crippen LogP contribution in [0.3, 0.4) is 0 Å². The lowest BCUT2D eigenvalue weighted by molar-refractivity contribution is -0.141. The topological polar surface area (TPSA) is 81.9 Å². The Morgan fingerprint density at radius 3 is 2.71 bits per heavy atom. The summed E-state index contributed by atoms with van der Waals surface area (Å²) in [7, 11) is 1.32. The third kappa shape index (κ3) is 3.95. The number of amides is 1. The summed E-state index contributed by atoms with van der Waals surface area (Å²) in [6.45, 7) is 0.701. The molecule has 1 saturated heterocycles. The predicted octanol–water partition coefficient (Wildman–Crippen LogP) is 1.29. The van der Waals surface area contributed by atoms with E-state index in [1.54, 1.807) is 0 Å². The van der Waals surface area contributed by atoms with E-state index in [1.165, 1.54) is 12.0 Å². The standard InChI is InChI=1S/C15H20N2O4/c1-20-14(18)9-13-12(16)7-8-17(13)15(19)21-10-11-5-3-2-4-6-11/h2-6,12-13H,7-10,16H2,1H3/t12-,13+/m1/s1. The smallest absolute Gasteiger partial charge is 0.410 e. The fourth-order valence-electron chi connectivity index (χ4n) is 2.42. The van der Waals surface area contributed by atoms with Crippen LogP contribution < -0.4 is 5.73 Å². The van der Waals surface area contributed by atoms with E-state index >= 15 is 0 Å². The minimum absolute atomic E-state index is 0.0953. The van der Waals surface area contributed by atoms with Crippen LogP contribution in [0.15, 0.2) is 30.3 Å². The number of carbonyl (C=O) groups excluding carboxylic acids is 2. The van der Waals surface area contributed by atoms with E-state index in [0.29, 0.717) is 13.0 Å². The molecule has 21 heavy (non-hydrogen) atoms. The van der Waals surface area contributed by atoms with E-state index in [-0.39, 0.29) is 31.1 Å². The van der Waals surface area contributed by atoms with Crippen molar-refractivity contribution in [2.75, 3.05) is 13.7 Å². The van der Waals surface area contributed by atoms with Crippen LogP contribution in [0.1, 0.15) is 18.4 Å². The van der Waals surface area contributed by atoms with Crippen molar-refractivity contribution in [2.24, 2.45) is 5.73 Å². The molecule has 6 heteroatoms. The molecular formula is C15H20N2O4. The van der Waals surface area contributed by atoms with E-state index in [0.717, 1.165) is 5.56 Å². The van der Waals surface area contributed by atoms with Crippen LogP contribution >= 0.6 is 0 Å². The summed E-state index contributed by atoms with van der Waals surface area (Å²) in [6.07, 6.45) is 0.306. The van der Waals surface area contributed by atoms with E-state index in [9.17, 15) is 9.59 Å². The first-order valence-corrected chi connectivity index (χ1v) is 6.91. The van der Waals surface area contributed by atoms with E-state index < -0.39 is 6.09 Å². The van der Waals surface area contributed by atoms with E-state index in [2.05, 4.69) is 4.74 Å². The molecule has 1 aliphatic rings. The molecule has 0 aliphatic carbocycles. The van der Waals surface area contributed by atoms with Crippen LogP contribution in [0.5, 0.6) is 0 Å². The van der Waals surface area contributed by atoms with Crippen molar-refractivity contribution in [1.29, 1.82) is 0 Å². The molecule has 1 aliphatic heterocycles. The highest BCUT2D eigenvalue weighted by molar-refractivity contribution is 5.73. The summed E-state index contributed by atoms with van der Waals surface area (Å²) in [5, 5.41) is 0. The van der Waals surface area contributed by atoms with Gasteiger partial charge >= 0.3 is 12.1 Å². The second-order valence-electron chi connectivity index (χ2n) is 5.03. The molecule has 1 amide bonds. The van der Waals surface area contributed by atoms with Gasteiger partial charge in [-0.05, 0) is 12.0 Å². The highest BCUT2D eigenvalue weighted by Gasteiger charge is 2.37. The van der Waals surface area contributed by atoms with Gasteiger partial charge in [-0.25, -0.2) is 4.79 Å². The number of esters is 1. The summed E-state index contributed by atoms with van der Waals surface area (Å²) in [4.78, 5) is 25.1. The molecule has 0 aromatic heterocycles. The molecule has 2 rings (SSSR count). The van der Waals surface area contributed by atoms with Gasteiger partial charge in [-0.3, -0.25) is 4.79 Å². The normalized spacial score (nSPS) is 21.1. The Kier molecular flexibility index (Phi) is 5.16. The average molecular weight is 292 g/mol. The third-order valence-corrected chi connectivity index (χ3v) is 3.64. The first-order valence-electron chi connectivity index (χ1n) is 6.91. The Bertz CT molecular complexity index is 492. The van der Waals surface area contributed by atoms with Crippen LogP contribution in [0, 0.1) is 0 Å². The lowest BCUT2D eigenvalue weighted by Gasteiger charge is -2.25. The zero-order valence-corrected chi connectivity index (χ0v) is 12.0. The number of rotatable bonds is 4. The second-order valence-corrected chi connectivity index (χ2v) is 5.03. The lowest BCUT2D eigenvalue weighted by atomic mass is 10.1. The third-order valence-electron chi connectivity index (χ3n) is 3.64. The van der Waals surface area contributed by atoms with Crippen molar-refractivity contribution < 1.29 is 19.1 Å². The van der Waals surface area contributed by atoms with E-state index in [1.807, 2.05) is 30.3 Å². The minimum Gasteiger partial charge on any atom is -0.469 e. The number of carbonyl (C=O) groups is 2. The number of benzene rings is 1. The summed E-state index contributed by atoms with van der Waals surface area (Å²) in [5.41, 5.74) is 6.88. The Balaban J connectivity index is 1.92. The average Bonchev–Trinajstić information content (AvgIpc) is 2.87. The van der Waals surface area contributed by atoms with Crippen LogP contribution in [0.4, 0.5) is 4.79 Å². The number of nitrogens with zero attached hydrogens (tertiary/aromatic N) is 1. The maximum absolute atomic E-state index is 12.1. The fraction of sp³-hybridized carbons (Fsp3) is 0.467. The van der Waals surface area contributed by atoms with Crippen molar-refractivity contribution in [1.82, 2.24) is 4.90 Å². The zero-order chi connectivity index (χ0) is 15.2. The molecule has 2 atom stereocenters. The molecule has 6 nitrogen and oxygen atoms in total. The Hall–Kier alpha value is -2.08. The molecule has 1 fully saturated rings. The molecule has 1 heterocycles. The summed E-state index contributed by atoms with van der Waals surface area (Å²) in [6, 6.07) is 8.85. The van der Waals surface area contributed by atoms with Gasteiger partial charge in [-0.15, -0.1) is 0 Å². The zero-order valence-electron chi connectivity index (χ0n) is 12.0. The second kappa shape index (κ2) is 7.08. The SMILES string of the molecule is COC(=O)C[C@H]1[C@H](N)CCN1C(=O)OCc1ccccc1. The van der Waals surface area contributed by atoms with Crippen molar-refractivity contribution in [3.8, 4) is 0 Å². The van der Waals surface area contributed by atoms with Crippen LogP contribution in [0.25, 0.3) is 0 Å². The Morgan fingerprint density at radius 1 is 1.33 bits per heavy atom. The molecule has 114 valence electrons. The molecule has 1 aromatic rings. The number of hydrogen-bond acceptors (Lipinski definition) is 5. The first-order chi connectivity index (χ1) is 10.1. The van der Waals surface area contributed by atoms with Gasteiger partial charge in [0.1, 0.15) is 6.61 Å². The number of likely N-dealkylation sites (tertiary alicyclic amines) is 1. The number of ether oxygens (including phenoxy) is 2. The van der Waals surface area contributed by atoms with Gasteiger partial charge in [-0.1, -0.05) is 30.3 Å². The van der Waals surface area contributed by atoms with Gasteiger partial charge in [0.15, 0.2) is 0 Å². The Labute approximate surface area is 123 Å². The van der Waals surface area contributed by atoms with Gasteiger partial charge in [0.2, 0.25) is 0 Å². The maximum atomic E-state index is 12.1. The Morgan fingerprint density at radius 2 is 2.05 bits per heavy atom. The van der Waals surface area contributed by atoms with Crippen molar-refractivity contribution in [3.05, 3.63) is 35.9 Å². The van der Waals surface area contributed by atoms with Crippen molar-refractivity contribution >= 4 is 12.1 Å². The predicted molar refractivity (Wildman–Crippen MR) is 76.3 cm³/mol. The quantitative estimate of drug-likeness (QED) is 0.846. The van der Waals surface area contributed by atoms with Gasteiger partial charge in [0.05, 0.1) is 19.6 Å². The van der Waals surface area contributed by atoms with Crippen LogP contribution in [-0.2, 0) is 20.9 Å². The molecule has 0 spiro atoms. The van der Waals surface area contributed by atoms with Crippen molar-refractivity contribution in [2.45, 2.75) is 31.5 Å². The highest BCUT2D eigenvalue weighted by atomic mass is 16.6. The van der Waals surface area contributed by atoms with Crippen LogP contribution in [0.2, 0.25) is 0 Å². The fourth-order valence-corrected chi connectivity index (χ4v) is 2.42. The number of nitrogens with two attached hydrogens (primary N) is 1. The van der Waals surface area contributed by atoms with Gasteiger partial charge in [-0.2, -0.15) is 0 Å². The molecular weight excluding hydrogens is 272 g/mol. The summed E-state index contributed by atoms with van der Waals surface area (Å²) in [5.74, 6) is -0.377. The van der Waals surface area contributed by atoms with Crippen molar-refractivity contribution in [3.63, 3.8) is 0 Å². The minimum atomic E-state index is -0.444. The molecule has 2 N–H and O–H groups in total. The maximum Gasteiger partial charge on any atom is 0.410 e. The van der Waals surface area contributed by atoms with Gasteiger partial charge in [0, 0.05) is 12.6 Å². The lowest BCUT2D eigenvalue weighted by Crippen LogP contribution is -2.44. The number of hydrogen-bond donors (Lipinski definition) is 1. The van der Waals surface area contributed by atoms with E-state index in [4.69, 9.17) is 10.5 Å². The monoisotopic (exact) mass is 292 g/mol. The largest absolute Gasteiger partial charge is 0.469 e. The number of methoxy groups -OCH3 is 1.